The van der Waals surface area contributed by atoms with Gasteiger partial charge in [-0.1, -0.05) is 0 Å². The first-order valence-corrected chi connectivity index (χ1v) is 1.12. The summed E-state index contributed by atoms with van der Waals surface area (Å²) in [5.41, 5.74) is 4.40. The third kappa shape index (κ3) is 468. The fourth-order valence-corrected chi connectivity index (χ4v) is 0. The average Bonchev–Trinajstić information content (AvgIpc) is 0.811. The Hall–Kier alpha value is 0.209. The van der Waals surface area contributed by atoms with Gasteiger partial charge in [0.25, 0.3) is 5.17 Å². The second-order valence-electron chi connectivity index (χ2n) is 0.338. The summed E-state index contributed by atoms with van der Waals surface area (Å²) in [4.78, 5) is 0. The van der Waals surface area contributed by atoms with Crippen LogP contribution in [0.25, 0.3) is 0 Å². The largest absolute Gasteiger partial charge is 0.487 e. The molecule has 3 N–H and O–H groups in total. The number of hydrogen-bond donors (Lipinski definition) is 2. The summed E-state index contributed by atoms with van der Waals surface area (Å²) in [6, 6.07) is 0. The van der Waals surface area contributed by atoms with Crippen molar-refractivity contribution in [1.29, 1.82) is 0 Å². The van der Waals surface area contributed by atoms with Gasteiger partial charge < -0.3 is 10.8 Å². The molecule has 4 heteroatoms. The minimum atomic E-state index is -0.500. The van der Waals surface area contributed by atoms with Crippen LogP contribution in [-0.2, 0) is 17.1 Å². The van der Waals surface area contributed by atoms with Gasteiger partial charge in [0.15, 0.2) is 0 Å². The molecule has 0 rings (SSSR count). The van der Waals surface area contributed by atoms with E-state index in [4.69, 9.17) is 5.11 Å². The predicted molar refractivity (Wildman–Crippen MR) is 19.4 cm³/mol. The minimum absolute atomic E-state index is 0. The topological polar surface area (TPSA) is 46.2 Å². The van der Waals surface area contributed by atoms with Crippen molar-refractivity contribution in [3.05, 3.63) is 0 Å². The van der Waals surface area contributed by atoms with Gasteiger partial charge in [-0.15, -0.1) is 0 Å². The van der Waals surface area contributed by atoms with Crippen molar-refractivity contribution < 1.29 is 22.2 Å². The van der Waals surface area contributed by atoms with Crippen LogP contribution in [-0.4, -0.2) is 10.3 Å². The standard InChI is InChI=1S/CH3NOS.Cu/c2-1(3)4;/h(H3,2,3,4);. The van der Waals surface area contributed by atoms with Crippen molar-refractivity contribution >= 4 is 17.4 Å². The van der Waals surface area contributed by atoms with Crippen LogP contribution in [0.4, 0.5) is 0 Å². The predicted octanol–water partition coefficient (Wildman–Crippen LogP) is -0.214. The summed E-state index contributed by atoms with van der Waals surface area (Å²) in [7, 11) is 0. The maximum absolute atomic E-state index is 7.56. The molecule has 0 aromatic rings. The third-order valence-electron chi connectivity index (χ3n) is 0. The summed E-state index contributed by atoms with van der Waals surface area (Å²) in [5, 5.41) is 7.06. The fourth-order valence-electron chi connectivity index (χ4n) is 0. The number of nitrogens with two attached hydrogens (primary N) is 1. The summed E-state index contributed by atoms with van der Waals surface area (Å²) in [6.07, 6.45) is 0. The summed E-state index contributed by atoms with van der Waals surface area (Å²) < 4.78 is 0. The Morgan fingerprint density at radius 2 is 1.80 bits per heavy atom. The van der Waals surface area contributed by atoms with Gasteiger partial charge in [0, 0.05) is 17.1 Å². The van der Waals surface area contributed by atoms with E-state index in [1.54, 1.807) is 0 Å². The molecule has 35 valence electrons. The van der Waals surface area contributed by atoms with Crippen LogP contribution in [0.5, 0.6) is 0 Å². The Balaban J connectivity index is 0. The molecule has 5 heavy (non-hydrogen) atoms. The summed E-state index contributed by atoms with van der Waals surface area (Å²) in [6.45, 7) is 0. The molecular weight excluding hydrogens is 138 g/mol. The molecule has 0 aliphatic carbocycles. The van der Waals surface area contributed by atoms with Gasteiger partial charge in [0.2, 0.25) is 0 Å². The van der Waals surface area contributed by atoms with E-state index in [2.05, 4.69) is 18.0 Å². The van der Waals surface area contributed by atoms with E-state index >= 15 is 0 Å². The molecule has 0 atom stereocenters. The zero-order valence-corrected chi connectivity index (χ0v) is 3.99. The molecule has 0 fully saturated rings. The van der Waals surface area contributed by atoms with Crippen LogP contribution in [0.1, 0.15) is 0 Å². The summed E-state index contributed by atoms with van der Waals surface area (Å²) >= 11 is 3.87. The second-order valence-corrected chi connectivity index (χ2v) is 0.757. The second kappa shape index (κ2) is 4.21. The Bertz CT molecular complexity index is 34.6. The van der Waals surface area contributed by atoms with E-state index < -0.39 is 5.17 Å². The molecule has 2 nitrogen and oxygen atoms in total. The van der Waals surface area contributed by atoms with Crippen LogP contribution >= 0.6 is 12.2 Å². The van der Waals surface area contributed by atoms with E-state index in [-0.39, 0.29) is 17.1 Å². The third-order valence-corrected chi connectivity index (χ3v) is 0. The molecule has 0 aromatic heterocycles. The van der Waals surface area contributed by atoms with Crippen LogP contribution in [0.3, 0.4) is 0 Å². The van der Waals surface area contributed by atoms with Gasteiger partial charge in [0.05, 0.1) is 0 Å². The quantitative estimate of drug-likeness (QED) is 0.362. The molecule has 0 unspecified atom stereocenters. The SMILES string of the molecule is NC(O)=S.[Cu]. The smallest absolute Gasteiger partial charge is 0.251 e. The Kier molecular flexibility index (Phi) is 7.54. The molecule has 0 bridgehead atoms. The average molecular weight is 141 g/mol. The molecule has 0 saturated heterocycles. The number of hydrogen-bond acceptors (Lipinski definition) is 1. The normalized spacial score (nSPS) is 4.80. The van der Waals surface area contributed by atoms with E-state index in [0.29, 0.717) is 0 Å². The number of aliphatic hydroxyl groups excluding tert-OH is 1. The molecular formula is CH3CuNOS. The first-order valence-electron chi connectivity index (χ1n) is 0.716. The van der Waals surface area contributed by atoms with Crippen molar-refractivity contribution in [1.82, 2.24) is 0 Å². The van der Waals surface area contributed by atoms with Crippen molar-refractivity contribution in [2.24, 2.45) is 5.73 Å². The Morgan fingerprint density at radius 1 is 1.80 bits per heavy atom. The summed E-state index contributed by atoms with van der Waals surface area (Å²) in [5.74, 6) is 0. The van der Waals surface area contributed by atoms with Crippen LogP contribution in [0.15, 0.2) is 0 Å². The van der Waals surface area contributed by atoms with Gasteiger partial charge in [-0.2, -0.15) is 0 Å². The maximum atomic E-state index is 7.56. The van der Waals surface area contributed by atoms with Crippen molar-refractivity contribution in [2.45, 2.75) is 0 Å². The minimum Gasteiger partial charge on any atom is -0.487 e. The van der Waals surface area contributed by atoms with Gasteiger partial charge in [0.1, 0.15) is 0 Å². The Morgan fingerprint density at radius 3 is 1.80 bits per heavy atom. The monoisotopic (exact) mass is 140 g/mol. The molecule has 0 saturated carbocycles. The molecule has 0 heterocycles. The molecule has 0 aliphatic rings. The van der Waals surface area contributed by atoms with Crippen LogP contribution in [0.2, 0.25) is 0 Å². The molecule has 0 amide bonds. The first kappa shape index (κ1) is 8.96. The fraction of sp³-hybridized carbons (Fsp3) is 0. The van der Waals surface area contributed by atoms with E-state index in [1.165, 1.54) is 0 Å². The molecule has 0 aliphatic heterocycles. The van der Waals surface area contributed by atoms with Crippen molar-refractivity contribution in [2.75, 3.05) is 0 Å². The first-order chi connectivity index (χ1) is 1.73. The molecule has 0 aromatic carbocycles. The van der Waals surface area contributed by atoms with Crippen molar-refractivity contribution in [3.63, 3.8) is 0 Å². The number of thiocarbonyl (C=S) groups is 1. The maximum Gasteiger partial charge on any atom is 0.251 e. The zero-order chi connectivity index (χ0) is 3.58. The molecule has 1 radical (unpaired) electrons. The van der Waals surface area contributed by atoms with E-state index in [1.807, 2.05) is 0 Å². The van der Waals surface area contributed by atoms with Crippen LogP contribution < -0.4 is 5.73 Å². The van der Waals surface area contributed by atoms with E-state index in [9.17, 15) is 0 Å². The number of rotatable bonds is 0. The van der Waals surface area contributed by atoms with Gasteiger partial charge >= 0.3 is 0 Å². The van der Waals surface area contributed by atoms with E-state index in [0.717, 1.165) is 0 Å². The van der Waals surface area contributed by atoms with Gasteiger partial charge in [-0.05, 0) is 12.2 Å². The van der Waals surface area contributed by atoms with Crippen LogP contribution in [0, 0.1) is 0 Å². The molecule has 0 spiro atoms. The Labute approximate surface area is 45.8 Å². The van der Waals surface area contributed by atoms with Gasteiger partial charge in [-0.25, -0.2) is 0 Å². The zero-order valence-electron chi connectivity index (χ0n) is 2.23. The van der Waals surface area contributed by atoms with Crippen molar-refractivity contribution in [3.8, 4) is 0 Å². The van der Waals surface area contributed by atoms with Gasteiger partial charge in [-0.3, -0.25) is 0 Å². The number of aliphatic hydroxyl groups is 1.